The first kappa shape index (κ1) is 18.4. The minimum atomic E-state index is 0.164. The molecule has 0 unspecified atom stereocenters. The summed E-state index contributed by atoms with van der Waals surface area (Å²) in [6, 6.07) is 8.90. The van der Waals surface area contributed by atoms with Crippen molar-refractivity contribution in [3.05, 3.63) is 35.4 Å². The predicted molar refractivity (Wildman–Crippen MR) is 99.3 cm³/mol. The molecular formula is C20H31N3O2. The zero-order valence-electron chi connectivity index (χ0n) is 15.4. The predicted octanol–water partition coefficient (Wildman–Crippen LogP) is 1.49. The Bertz CT molecular complexity index is 561. The lowest BCUT2D eigenvalue weighted by Gasteiger charge is -2.27. The maximum Gasteiger partial charge on any atom is 0.236 e. The molecule has 2 aliphatic rings. The third-order valence-corrected chi connectivity index (χ3v) is 5.52. The van der Waals surface area contributed by atoms with Crippen LogP contribution >= 0.6 is 0 Å². The molecule has 2 heterocycles. The van der Waals surface area contributed by atoms with Gasteiger partial charge in [-0.25, -0.2) is 0 Å². The number of carbonyl (C=O) groups excluding carboxylic acids is 1. The van der Waals surface area contributed by atoms with Crippen molar-refractivity contribution in [1.82, 2.24) is 14.7 Å². The molecule has 2 saturated heterocycles. The monoisotopic (exact) mass is 345 g/mol. The Morgan fingerprint density at radius 2 is 1.88 bits per heavy atom. The number of amides is 1. The van der Waals surface area contributed by atoms with Crippen LogP contribution in [0.15, 0.2) is 24.3 Å². The van der Waals surface area contributed by atoms with Gasteiger partial charge in [0.15, 0.2) is 0 Å². The van der Waals surface area contributed by atoms with E-state index in [1.54, 1.807) is 0 Å². The number of likely N-dealkylation sites (tertiary alicyclic amines) is 1. The second-order valence-electron chi connectivity index (χ2n) is 7.45. The minimum Gasteiger partial charge on any atom is -0.395 e. The van der Waals surface area contributed by atoms with Gasteiger partial charge >= 0.3 is 0 Å². The molecule has 25 heavy (non-hydrogen) atoms. The van der Waals surface area contributed by atoms with Gasteiger partial charge in [0.05, 0.1) is 13.2 Å². The molecule has 3 rings (SSSR count). The molecule has 2 aliphatic heterocycles. The molecule has 0 spiro atoms. The van der Waals surface area contributed by atoms with Crippen molar-refractivity contribution in [2.24, 2.45) is 0 Å². The average Bonchev–Trinajstić information content (AvgIpc) is 2.93. The van der Waals surface area contributed by atoms with Crippen molar-refractivity contribution in [3.8, 4) is 0 Å². The summed E-state index contributed by atoms with van der Waals surface area (Å²) in [5.41, 5.74) is 2.63. The van der Waals surface area contributed by atoms with Crippen LogP contribution in [-0.4, -0.2) is 77.6 Å². The summed E-state index contributed by atoms with van der Waals surface area (Å²) in [5, 5.41) is 9.42. The molecule has 0 bridgehead atoms. The van der Waals surface area contributed by atoms with E-state index in [1.807, 2.05) is 4.90 Å². The van der Waals surface area contributed by atoms with Gasteiger partial charge in [-0.1, -0.05) is 29.8 Å². The molecule has 5 nitrogen and oxygen atoms in total. The van der Waals surface area contributed by atoms with Gasteiger partial charge in [-0.3, -0.25) is 14.6 Å². The SMILES string of the molecule is Cc1ccc(CN2CCCN(C(=O)CN3CCC[C@@H]3CO)CC2)cc1. The van der Waals surface area contributed by atoms with Crippen LogP contribution in [0.1, 0.15) is 30.4 Å². The summed E-state index contributed by atoms with van der Waals surface area (Å²) in [7, 11) is 0. The smallest absolute Gasteiger partial charge is 0.236 e. The van der Waals surface area contributed by atoms with Crippen molar-refractivity contribution in [2.75, 3.05) is 45.9 Å². The number of aliphatic hydroxyl groups is 1. The fourth-order valence-corrected chi connectivity index (χ4v) is 3.91. The van der Waals surface area contributed by atoms with Crippen LogP contribution in [0.5, 0.6) is 0 Å². The second kappa shape index (κ2) is 8.79. The minimum absolute atomic E-state index is 0.164. The first-order valence-electron chi connectivity index (χ1n) is 9.56. The lowest BCUT2D eigenvalue weighted by atomic mass is 10.1. The highest BCUT2D eigenvalue weighted by Crippen LogP contribution is 2.17. The van der Waals surface area contributed by atoms with Gasteiger partial charge < -0.3 is 10.0 Å². The van der Waals surface area contributed by atoms with Gasteiger partial charge in [-0.15, -0.1) is 0 Å². The summed E-state index contributed by atoms with van der Waals surface area (Å²) in [6.07, 6.45) is 3.12. The molecule has 0 radical (unpaired) electrons. The summed E-state index contributed by atoms with van der Waals surface area (Å²) >= 11 is 0. The van der Waals surface area contributed by atoms with Crippen molar-refractivity contribution in [1.29, 1.82) is 0 Å². The number of hydrogen-bond donors (Lipinski definition) is 1. The number of benzene rings is 1. The van der Waals surface area contributed by atoms with Crippen LogP contribution < -0.4 is 0 Å². The van der Waals surface area contributed by atoms with E-state index in [-0.39, 0.29) is 18.6 Å². The second-order valence-corrected chi connectivity index (χ2v) is 7.45. The van der Waals surface area contributed by atoms with Crippen LogP contribution in [0.4, 0.5) is 0 Å². The maximum atomic E-state index is 12.7. The summed E-state index contributed by atoms with van der Waals surface area (Å²) in [6.45, 7) is 8.26. The highest BCUT2D eigenvalue weighted by Gasteiger charge is 2.28. The van der Waals surface area contributed by atoms with Crippen molar-refractivity contribution < 1.29 is 9.90 Å². The Hall–Kier alpha value is -1.43. The number of aryl methyl sites for hydroxylation is 1. The highest BCUT2D eigenvalue weighted by atomic mass is 16.3. The van der Waals surface area contributed by atoms with E-state index >= 15 is 0 Å². The molecule has 138 valence electrons. The number of aliphatic hydroxyl groups excluding tert-OH is 1. The standard InChI is InChI=1S/C20H31N3O2/c1-17-5-7-18(8-6-17)14-21-9-3-11-22(13-12-21)20(25)15-23-10-2-4-19(23)16-24/h5-8,19,24H,2-4,9-16H2,1H3/t19-/m1/s1. The Morgan fingerprint density at radius 3 is 2.64 bits per heavy atom. The van der Waals surface area contributed by atoms with E-state index in [4.69, 9.17) is 0 Å². The van der Waals surface area contributed by atoms with Crippen LogP contribution in [-0.2, 0) is 11.3 Å². The number of nitrogens with zero attached hydrogens (tertiary/aromatic N) is 3. The van der Waals surface area contributed by atoms with Gasteiger partial charge in [0.1, 0.15) is 0 Å². The van der Waals surface area contributed by atoms with Gasteiger partial charge in [0.25, 0.3) is 0 Å². The quantitative estimate of drug-likeness (QED) is 0.878. The number of carbonyl (C=O) groups is 1. The third-order valence-electron chi connectivity index (χ3n) is 5.52. The van der Waals surface area contributed by atoms with Gasteiger partial charge in [0.2, 0.25) is 5.91 Å². The van der Waals surface area contributed by atoms with Crippen molar-refractivity contribution in [2.45, 2.75) is 38.8 Å². The number of hydrogen-bond acceptors (Lipinski definition) is 4. The molecule has 1 aromatic rings. The maximum absolute atomic E-state index is 12.7. The molecule has 1 amide bonds. The van der Waals surface area contributed by atoms with E-state index in [2.05, 4.69) is 41.0 Å². The van der Waals surface area contributed by atoms with Gasteiger partial charge in [0, 0.05) is 38.8 Å². The number of rotatable bonds is 5. The average molecular weight is 345 g/mol. The molecule has 0 aliphatic carbocycles. The zero-order valence-corrected chi connectivity index (χ0v) is 15.4. The molecule has 1 atom stereocenters. The van der Waals surface area contributed by atoms with E-state index in [1.165, 1.54) is 11.1 Å². The van der Waals surface area contributed by atoms with Crippen LogP contribution in [0, 0.1) is 6.92 Å². The Morgan fingerprint density at radius 1 is 1.08 bits per heavy atom. The normalized spacial score (nSPS) is 23.0. The van der Waals surface area contributed by atoms with Crippen LogP contribution in [0.3, 0.4) is 0 Å². The molecular weight excluding hydrogens is 314 g/mol. The zero-order chi connectivity index (χ0) is 17.6. The summed E-state index contributed by atoms with van der Waals surface area (Å²) in [5.74, 6) is 0.220. The van der Waals surface area contributed by atoms with Crippen molar-refractivity contribution >= 4 is 5.91 Å². The highest BCUT2D eigenvalue weighted by molar-refractivity contribution is 5.78. The van der Waals surface area contributed by atoms with E-state index < -0.39 is 0 Å². The van der Waals surface area contributed by atoms with E-state index in [0.29, 0.717) is 6.54 Å². The topological polar surface area (TPSA) is 47.0 Å². The van der Waals surface area contributed by atoms with Crippen LogP contribution in [0.2, 0.25) is 0 Å². The Labute approximate surface area is 151 Å². The largest absolute Gasteiger partial charge is 0.395 e. The van der Waals surface area contributed by atoms with Crippen LogP contribution in [0.25, 0.3) is 0 Å². The van der Waals surface area contributed by atoms with Crippen molar-refractivity contribution in [3.63, 3.8) is 0 Å². The fourth-order valence-electron chi connectivity index (χ4n) is 3.91. The molecule has 0 aromatic heterocycles. The van der Waals surface area contributed by atoms with E-state index in [9.17, 15) is 9.90 Å². The Kier molecular flexibility index (Phi) is 6.45. The molecule has 5 heteroatoms. The lowest BCUT2D eigenvalue weighted by molar-refractivity contribution is -0.132. The summed E-state index contributed by atoms with van der Waals surface area (Å²) < 4.78 is 0. The van der Waals surface area contributed by atoms with Gasteiger partial charge in [-0.05, 0) is 38.3 Å². The third kappa shape index (κ3) is 5.03. The molecule has 2 fully saturated rings. The van der Waals surface area contributed by atoms with Gasteiger partial charge in [-0.2, -0.15) is 0 Å². The molecule has 1 N–H and O–H groups in total. The Balaban J connectivity index is 1.49. The lowest BCUT2D eigenvalue weighted by Crippen LogP contribution is -2.44. The first-order valence-corrected chi connectivity index (χ1v) is 9.56. The fraction of sp³-hybridized carbons (Fsp3) is 0.650. The first-order chi connectivity index (χ1) is 12.2. The molecule has 1 aromatic carbocycles. The van der Waals surface area contributed by atoms with E-state index in [0.717, 1.165) is 58.5 Å². The summed E-state index contributed by atoms with van der Waals surface area (Å²) in [4.78, 5) is 19.3. The molecule has 0 saturated carbocycles.